The fourth-order valence-electron chi connectivity index (χ4n) is 6.81. The maximum atomic E-state index is 6.10. The second-order valence-corrected chi connectivity index (χ2v) is 15.0. The Bertz CT molecular complexity index is 775. The molecule has 0 rings (SSSR count). The Morgan fingerprint density at radius 3 is 0.500 bits per heavy atom. The summed E-state index contributed by atoms with van der Waals surface area (Å²) >= 11 is 0. The number of nitrogens with zero attached hydrogens (tertiary/aromatic N) is 7. The molecule has 0 atom stereocenters. The van der Waals surface area contributed by atoms with Gasteiger partial charge in [-0.1, -0.05) is 0 Å². The molecule has 0 saturated carbocycles. The number of nitrogens with two attached hydrogens (primary N) is 9. The SMILES string of the molecule is NCCNCCN(CCN)CCN(CCN(CCN)CCNCCN)CCN(CCN(CCN)CCNCCN)CCN(CCNCCN)CCN(CCN)CCN. The molecule has 0 amide bonds. The zero-order chi connectivity index (χ0) is 42.7. The fourth-order valence-corrected chi connectivity index (χ4v) is 6.81. The van der Waals surface area contributed by atoms with Gasteiger partial charge in [-0.3, -0.25) is 34.3 Å². The molecule has 0 bridgehead atoms. The van der Waals surface area contributed by atoms with E-state index in [2.05, 4.69) is 55.6 Å². The molecule has 22 N–H and O–H groups in total. The van der Waals surface area contributed by atoms with Crippen LogP contribution >= 0.6 is 0 Å². The largest absolute Gasteiger partial charge is 0.329 e. The summed E-state index contributed by atoms with van der Waals surface area (Å²) in [6.07, 6.45) is 0. The van der Waals surface area contributed by atoms with Crippen molar-refractivity contribution in [2.24, 2.45) is 51.6 Å². The van der Waals surface area contributed by atoms with Crippen molar-refractivity contribution in [2.75, 3.05) is 249 Å². The first-order valence-electron chi connectivity index (χ1n) is 22.6. The molecular formula is C38H98N20. The Labute approximate surface area is 355 Å². The van der Waals surface area contributed by atoms with Crippen LogP contribution in [0.25, 0.3) is 0 Å². The second-order valence-electron chi connectivity index (χ2n) is 15.0. The second kappa shape index (κ2) is 44.3. The standard InChI is InChI=1S/C38H98N20/c39-1-10-48-14-23-53(20-7-45)28-33-57(34-29-54(21-8-46)24-15-49-11-2-40)37-38-58(35-30-55(22-9-47)25-16-50-12-3-41)36-32-56(26-17-51-13-4-42)31-27-52(18-5-43)19-6-44/h48-51H,1-47H2. The van der Waals surface area contributed by atoms with Crippen LogP contribution in [0.2, 0.25) is 0 Å². The van der Waals surface area contributed by atoms with Crippen molar-refractivity contribution in [1.29, 1.82) is 0 Å². The van der Waals surface area contributed by atoms with E-state index in [1.54, 1.807) is 0 Å². The molecule has 0 aromatic heterocycles. The molecule has 0 aromatic rings. The predicted molar refractivity (Wildman–Crippen MR) is 248 cm³/mol. The monoisotopic (exact) mass is 835 g/mol. The summed E-state index contributed by atoms with van der Waals surface area (Å²) in [7, 11) is 0. The topological polar surface area (TPSA) is 305 Å². The predicted octanol–water partition coefficient (Wildman–Crippen LogP) is -7.91. The van der Waals surface area contributed by atoms with Crippen LogP contribution in [0.4, 0.5) is 0 Å². The van der Waals surface area contributed by atoms with E-state index in [0.29, 0.717) is 58.9 Å². The Morgan fingerprint density at radius 2 is 0.328 bits per heavy atom. The van der Waals surface area contributed by atoms with Gasteiger partial charge in [0.05, 0.1) is 0 Å². The van der Waals surface area contributed by atoms with Crippen LogP contribution in [0.15, 0.2) is 0 Å². The zero-order valence-electron chi connectivity index (χ0n) is 37.2. The van der Waals surface area contributed by atoms with Gasteiger partial charge in [0.1, 0.15) is 0 Å². The molecule has 20 nitrogen and oxygen atoms in total. The molecule has 0 aliphatic heterocycles. The molecule has 0 fully saturated rings. The highest BCUT2D eigenvalue weighted by molar-refractivity contribution is 4.75. The van der Waals surface area contributed by atoms with Crippen LogP contribution in [-0.2, 0) is 0 Å². The first-order chi connectivity index (χ1) is 28.4. The summed E-state index contributed by atoms with van der Waals surface area (Å²) in [5.74, 6) is 0. The van der Waals surface area contributed by atoms with Gasteiger partial charge >= 0.3 is 0 Å². The minimum atomic E-state index is 0.633. The number of hydrogen-bond acceptors (Lipinski definition) is 20. The molecule has 0 radical (unpaired) electrons. The molecule has 0 saturated heterocycles. The Balaban J connectivity index is 6.13. The Hall–Kier alpha value is -0.800. The minimum Gasteiger partial charge on any atom is -0.329 e. The molecule has 0 aromatic carbocycles. The van der Waals surface area contributed by atoms with Crippen LogP contribution in [0.1, 0.15) is 0 Å². The van der Waals surface area contributed by atoms with Crippen molar-refractivity contribution in [3.8, 4) is 0 Å². The van der Waals surface area contributed by atoms with Gasteiger partial charge in [0, 0.05) is 249 Å². The van der Waals surface area contributed by atoms with Crippen LogP contribution < -0.4 is 72.9 Å². The molecule has 0 unspecified atom stereocenters. The van der Waals surface area contributed by atoms with Crippen molar-refractivity contribution >= 4 is 0 Å². The van der Waals surface area contributed by atoms with Crippen LogP contribution in [0, 0.1) is 0 Å². The van der Waals surface area contributed by atoms with Crippen molar-refractivity contribution in [3.63, 3.8) is 0 Å². The van der Waals surface area contributed by atoms with Gasteiger partial charge in [-0.05, 0) is 0 Å². The lowest BCUT2D eigenvalue weighted by molar-refractivity contribution is 0.135. The molecule has 0 spiro atoms. The van der Waals surface area contributed by atoms with Crippen LogP contribution in [-0.4, -0.2) is 283 Å². The lowest BCUT2D eigenvalue weighted by Gasteiger charge is -2.34. The maximum absolute atomic E-state index is 6.10. The maximum Gasteiger partial charge on any atom is 0.0110 e. The highest BCUT2D eigenvalue weighted by atomic mass is 15.3. The molecule has 0 aliphatic carbocycles. The third kappa shape index (κ3) is 34.9. The molecule has 58 heavy (non-hydrogen) atoms. The van der Waals surface area contributed by atoms with Gasteiger partial charge in [-0.25, -0.2) is 0 Å². The van der Waals surface area contributed by atoms with Gasteiger partial charge in [-0.2, -0.15) is 0 Å². The fraction of sp³-hybridized carbons (Fsp3) is 1.00. The van der Waals surface area contributed by atoms with E-state index in [1.807, 2.05) is 0 Å². The molecule has 0 aliphatic rings. The van der Waals surface area contributed by atoms with Gasteiger partial charge in [0.2, 0.25) is 0 Å². The first-order valence-corrected chi connectivity index (χ1v) is 22.6. The Morgan fingerprint density at radius 1 is 0.172 bits per heavy atom. The zero-order valence-corrected chi connectivity index (χ0v) is 37.2. The molecule has 20 heteroatoms. The average Bonchev–Trinajstić information content (AvgIpc) is 3.22. The van der Waals surface area contributed by atoms with Crippen LogP contribution in [0.3, 0.4) is 0 Å². The van der Waals surface area contributed by atoms with E-state index >= 15 is 0 Å². The van der Waals surface area contributed by atoms with Crippen molar-refractivity contribution in [3.05, 3.63) is 0 Å². The third-order valence-electron chi connectivity index (χ3n) is 10.3. The van der Waals surface area contributed by atoms with E-state index in [1.165, 1.54) is 0 Å². The van der Waals surface area contributed by atoms with E-state index < -0.39 is 0 Å². The van der Waals surface area contributed by atoms with Gasteiger partial charge < -0.3 is 72.9 Å². The smallest absolute Gasteiger partial charge is 0.0110 e. The number of hydrogen-bond donors (Lipinski definition) is 13. The molecular weight excluding hydrogens is 737 g/mol. The molecule has 0 heterocycles. The molecule has 350 valence electrons. The minimum absolute atomic E-state index is 0.633. The lowest BCUT2D eigenvalue weighted by atomic mass is 10.3. The number of rotatable bonds is 48. The summed E-state index contributed by atoms with van der Waals surface area (Å²) in [5, 5.41) is 13.8. The average molecular weight is 835 g/mol. The van der Waals surface area contributed by atoms with E-state index in [4.69, 9.17) is 51.6 Å². The summed E-state index contributed by atoms with van der Waals surface area (Å²) in [4.78, 5) is 17.7. The summed E-state index contributed by atoms with van der Waals surface area (Å²) in [6.45, 7) is 32.3. The van der Waals surface area contributed by atoms with E-state index in [9.17, 15) is 0 Å². The van der Waals surface area contributed by atoms with Crippen LogP contribution in [0.5, 0.6) is 0 Å². The van der Waals surface area contributed by atoms with E-state index in [-0.39, 0.29) is 0 Å². The highest BCUT2D eigenvalue weighted by Crippen LogP contribution is 2.01. The van der Waals surface area contributed by atoms with Gasteiger partial charge in [0.25, 0.3) is 0 Å². The third-order valence-corrected chi connectivity index (χ3v) is 10.3. The quantitative estimate of drug-likeness (QED) is 0.0253. The first kappa shape index (κ1) is 57.2. The van der Waals surface area contributed by atoms with Gasteiger partial charge in [0.15, 0.2) is 0 Å². The van der Waals surface area contributed by atoms with E-state index in [0.717, 1.165) is 190 Å². The summed E-state index contributed by atoms with van der Waals surface area (Å²) in [5.41, 5.74) is 53.1. The Kier molecular flexibility index (Phi) is 43.7. The lowest BCUT2D eigenvalue weighted by Crippen LogP contribution is -2.49. The summed E-state index contributed by atoms with van der Waals surface area (Å²) in [6, 6.07) is 0. The summed E-state index contributed by atoms with van der Waals surface area (Å²) < 4.78 is 0. The van der Waals surface area contributed by atoms with Crippen molar-refractivity contribution in [1.82, 2.24) is 55.6 Å². The van der Waals surface area contributed by atoms with Gasteiger partial charge in [-0.15, -0.1) is 0 Å². The highest BCUT2D eigenvalue weighted by Gasteiger charge is 2.17. The van der Waals surface area contributed by atoms with Crippen molar-refractivity contribution in [2.45, 2.75) is 0 Å². The normalized spacial score (nSPS) is 12.4. The van der Waals surface area contributed by atoms with Crippen molar-refractivity contribution < 1.29 is 0 Å². The number of nitrogens with one attached hydrogen (secondary N) is 4.